The Balaban J connectivity index is 2.38. The summed E-state index contributed by atoms with van der Waals surface area (Å²) in [6.07, 6.45) is 1.53. The van der Waals surface area contributed by atoms with E-state index in [-0.39, 0.29) is 13.2 Å². The molecule has 0 bridgehead atoms. The lowest BCUT2D eigenvalue weighted by Crippen LogP contribution is -2.34. The van der Waals surface area contributed by atoms with Crippen LogP contribution in [0.2, 0.25) is 0 Å². The molecule has 0 spiro atoms. The van der Waals surface area contributed by atoms with Crippen LogP contribution in [0.15, 0.2) is 42.5 Å². The van der Waals surface area contributed by atoms with E-state index in [1.165, 1.54) is 16.3 Å². The van der Waals surface area contributed by atoms with Gasteiger partial charge in [-0.15, -0.1) is 0 Å². The Morgan fingerprint density at radius 1 is 0.950 bits per heavy atom. The van der Waals surface area contributed by atoms with Crippen LogP contribution in [0.25, 0.3) is 10.8 Å². The van der Waals surface area contributed by atoms with E-state index >= 15 is 0 Å². The minimum atomic E-state index is -0.432. The van der Waals surface area contributed by atoms with E-state index in [1.54, 1.807) is 0 Å². The van der Waals surface area contributed by atoms with Gasteiger partial charge in [-0.25, -0.2) is 0 Å². The molecule has 0 aliphatic heterocycles. The lowest BCUT2D eigenvalue weighted by atomic mass is 9.76. The van der Waals surface area contributed by atoms with Crippen LogP contribution in [0.3, 0.4) is 0 Å². The maximum Gasteiger partial charge on any atom is 0.0512 e. The molecule has 0 aliphatic rings. The largest absolute Gasteiger partial charge is 0.396 e. The van der Waals surface area contributed by atoms with Gasteiger partial charge in [0.05, 0.1) is 13.2 Å². The number of benzene rings is 2. The summed E-state index contributed by atoms with van der Waals surface area (Å²) < 4.78 is 0. The second-order valence-electron chi connectivity index (χ2n) is 6.23. The summed E-state index contributed by atoms with van der Waals surface area (Å²) in [7, 11) is 0. The molecule has 0 unspecified atom stereocenters. The van der Waals surface area contributed by atoms with Gasteiger partial charge in [0.2, 0.25) is 0 Å². The van der Waals surface area contributed by atoms with Gasteiger partial charge in [-0.3, -0.25) is 0 Å². The van der Waals surface area contributed by atoms with Gasteiger partial charge in [0.15, 0.2) is 0 Å². The van der Waals surface area contributed by atoms with Crippen molar-refractivity contribution >= 4 is 10.8 Å². The Morgan fingerprint density at radius 3 is 2.25 bits per heavy atom. The van der Waals surface area contributed by atoms with Gasteiger partial charge in [-0.1, -0.05) is 56.3 Å². The summed E-state index contributed by atoms with van der Waals surface area (Å²) in [6, 6.07) is 14.5. The Bertz CT molecular complexity index is 551. The molecule has 0 saturated carbocycles. The van der Waals surface area contributed by atoms with E-state index in [0.717, 1.165) is 6.42 Å². The van der Waals surface area contributed by atoms with Crippen LogP contribution in [0.4, 0.5) is 0 Å². The molecular weight excluding hydrogens is 248 g/mol. The molecule has 2 N–H and O–H groups in total. The van der Waals surface area contributed by atoms with Gasteiger partial charge >= 0.3 is 0 Å². The van der Waals surface area contributed by atoms with E-state index in [2.05, 4.69) is 38.1 Å². The molecule has 0 fully saturated rings. The first-order valence-electron chi connectivity index (χ1n) is 7.28. The van der Waals surface area contributed by atoms with Gasteiger partial charge in [0.25, 0.3) is 0 Å². The molecule has 0 aromatic heterocycles. The molecule has 0 amide bonds. The molecule has 2 aromatic carbocycles. The highest BCUT2D eigenvalue weighted by molar-refractivity contribution is 5.85. The van der Waals surface area contributed by atoms with E-state index < -0.39 is 5.41 Å². The van der Waals surface area contributed by atoms with Gasteiger partial charge in [-0.05, 0) is 35.1 Å². The molecule has 0 aliphatic carbocycles. The Morgan fingerprint density at radius 2 is 1.60 bits per heavy atom. The van der Waals surface area contributed by atoms with Gasteiger partial charge < -0.3 is 10.2 Å². The zero-order valence-electron chi connectivity index (χ0n) is 12.3. The highest BCUT2D eigenvalue weighted by Gasteiger charge is 2.30. The lowest BCUT2D eigenvalue weighted by Gasteiger charge is -2.32. The molecule has 0 atom stereocenters. The predicted molar refractivity (Wildman–Crippen MR) is 83.7 cm³/mol. The molecule has 2 nitrogen and oxygen atoms in total. The van der Waals surface area contributed by atoms with Crippen molar-refractivity contribution in [3.63, 3.8) is 0 Å². The van der Waals surface area contributed by atoms with Crippen molar-refractivity contribution < 1.29 is 10.2 Å². The van der Waals surface area contributed by atoms with Crippen molar-refractivity contribution in [2.24, 2.45) is 11.3 Å². The first-order chi connectivity index (χ1) is 9.60. The SMILES string of the molecule is CC(C)CC(CO)(CO)Cc1cccc2ccccc12. The Kier molecular flexibility index (Phi) is 4.79. The summed E-state index contributed by atoms with van der Waals surface area (Å²) in [5.74, 6) is 0.448. The molecule has 2 aromatic rings. The van der Waals surface area contributed by atoms with Crippen molar-refractivity contribution in [2.75, 3.05) is 13.2 Å². The molecule has 2 heteroatoms. The molecule has 0 heterocycles. The lowest BCUT2D eigenvalue weighted by molar-refractivity contribution is 0.0372. The second-order valence-corrected chi connectivity index (χ2v) is 6.23. The summed E-state index contributed by atoms with van der Waals surface area (Å²) in [4.78, 5) is 0. The fraction of sp³-hybridized carbons (Fsp3) is 0.444. The first kappa shape index (κ1) is 15.0. The van der Waals surface area contributed by atoms with Crippen molar-refractivity contribution in [3.05, 3.63) is 48.0 Å². The minimum absolute atomic E-state index is 0.0188. The van der Waals surface area contributed by atoms with Gasteiger partial charge in [0.1, 0.15) is 0 Å². The predicted octanol–water partition coefficient (Wildman–Crippen LogP) is 3.40. The number of fused-ring (bicyclic) bond motifs is 1. The third-order valence-electron chi connectivity index (χ3n) is 3.96. The number of rotatable bonds is 6. The Labute approximate surface area is 121 Å². The average Bonchev–Trinajstić information content (AvgIpc) is 2.46. The van der Waals surface area contributed by atoms with Crippen molar-refractivity contribution in [1.29, 1.82) is 0 Å². The van der Waals surface area contributed by atoms with E-state index in [1.807, 2.05) is 18.2 Å². The quantitative estimate of drug-likeness (QED) is 0.846. The third-order valence-corrected chi connectivity index (χ3v) is 3.96. The summed E-state index contributed by atoms with van der Waals surface area (Å²) in [5, 5.41) is 22.0. The fourth-order valence-corrected chi connectivity index (χ4v) is 3.08. The zero-order chi connectivity index (χ0) is 14.6. The van der Waals surface area contributed by atoms with Gasteiger partial charge in [-0.2, -0.15) is 0 Å². The van der Waals surface area contributed by atoms with Crippen LogP contribution in [0.1, 0.15) is 25.8 Å². The summed E-state index contributed by atoms with van der Waals surface area (Å²) >= 11 is 0. The second kappa shape index (κ2) is 6.38. The summed E-state index contributed by atoms with van der Waals surface area (Å²) in [5.41, 5.74) is 0.769. The van der Waals surface area contributed by atoms with Crippen LogP contribution in [-0.2, 0) is 6.42 Å². The van der Waals surface area contributed by atoms with Gasteiger partial charge in [0, 0.05) is 5.41 Å². The number of aliphatic hydroxyl groups is 2. The topological polar surface area (TPSA) is 40.5 Å². The monoisotopic (exact) mass is 272 g/mol. The van der Waals surface area contributed by atoms with Crippen LogP contribution < -0.4 is 0 Å². The molecule has 2 rings (SSSR count). The normalized spacial score (nSPS) is 12.2. The number of aliphatic hydroxyl groups excluding tert-OH is 2. The van der Waals surface area contributed by atoms with Crippen LogP contribution in [0, 0.1) is 11.3 Å². The molecule has 108 valence electrons. The number of hydrogen-bond donors (Lipinski definition) is 2. The Hall–Kier alpha value is -1.38. The molecular formula is C18H24O2. The standard InChI is InChI=1S/C18H24O2/c1-14(2)10-18(12-19,13-20)11-16-8-5-7-15-6-3-4-9-17(15)16/h3-9,14,19-20H,10-13H2,1-2H3. The van der Waals surface area contributed by atoms with E-state index in [0.29, 0.717) is 12.3 Å². The highest BCUT2D eigenvalue weighted by Crippen LogP contribution is 2.32. The van der Waals surface area contributed by atoms with Crippen LogP contribution >= 0.6 is 0 Å². The smallest absolute Gasteiger partial charge is 0.0512 e. The molecule has 0 saturated heterocycles. The van der Waals surface area contributed by atoms with Crippen LogP contribution in [-0.4, -0.2) is 23.4 Å². The van der Waals surface area contributed by atoms with Crippen molar-refractivity contribution in [3.8, 4) is 0 Å². The summed E-state index contributed by atoms with van der Waals surface area (Å²) in [6.45, 7) is 4.29. The number of hydrogen-bond acceptors (Lipinski definition) is 2. The molecule has 20 heavy (non-hydrogen) atoms. The zero-order valence-corrected chi connectivity index (χ0v) is 12.3. The maximum atomic E-state index is 9.80. The highest BCUT2D eigenvalue weighted by atomic mass is 16.3. The fourth-order valence-electron chi connectivity index (χ4n) is 3.08. The van der Waals surface area contributed by atoms with E-state index in [9.17, 15) is 10.2 Å². The average molecular weight is 272 g/mol. The minimum Gasteiger partial charge on any atom is -0.396 e. The van der Waals surface area contributed by atoms with E-state index in [4.69, 9.17) is 0 Å². The van der Waals surface area contributed by atoms with Crippen molar-refractivity contribution in [1.82, 2.24) is 0 Å². The third kappa shape index (κ3) is 3.20. The maximum absolute atomic E-state index is 9.80. The first-order valence-corrected chi connectivity index (χ1v) is 7.28. The molecule has 0 radical (unpaired) electrons. The van der Waals surface area contributed by atoms with Crippen molar-refractivity contribution in [2.45, 2.75) is 26.7 Å². The van der Waals surface area contributed by atoms with Crippen LogP contribution in [0.5, 0.6) is 0 Å².